The van der Waals surface area contributed by atoms with Gasteiger partial charge in [-0.05, 0) is 23.6 Å². The number of hydrogen-bond acceptors (Lipinski definition) is 4. The molecule has 22 heavy (non-hydrogen) atoms. The molecule has 0 aliphatic carbocycles. The summed E-state index contributed by atoms with van der Waals surface area (Å²) in [6, 6.07) is 11.5. The van der Waals surface area contributed by atoms with Crippen molar-refractivity contribution in [3.05, 3.63) is 51.5 Å². The predicted octanol–water partition coefficient (Wildman–Crippen LogP) is 3.39. The number of carbonyl (C=O) groups is 2. The van der Waals surface area contributed by atoms with Gasteiger partial charge in [-0.2, -0.15) is 4.99 Å². The lowest BCUT2D eigenvalue weighted by atomic mass is 10.2. The average molecular weight is 330 g/mol. The second-order valence-electron chi connectivity index (χ2n) is 4.82. The predicted molar refractivity (Wildman–Crippen MR) is 89.2 cm³/mol. The highest BCUT2D eigenvalue weighted by molar-refractivity contribution is 7.16. The van der Waals surface area contributed by atoms with E-state index >= 15 is 0 Å². The first kappa shape index (κ1) is 14.9. The Bertz CT molecular complexity index is 888. The van der Waals surface area contributed by atoms with Crippen molar-refractivity contribution in [1.29, 1.82) is 0 Å². The molecule has 0 N–H and O–H groups in total. The number of para-hydroxylation sites is 1. The number of nitrogens with zero attached hydrogens (tertiary/aromatic N) is 2. The number of benzene rings is 1. The molecular weight excluding hydrogens is 316 g/mol. The first-order chi connectivity index (χ1) is 10.6. The number of aromatic nitrogens is 1. The number of hydrogen-bond donors (Lipinski definition) is 0. The van der Waals surface area contributed by atoms with Gasteiger partial charge in [0.2, 0.25) is 5.91 Å². The summed E-state index contributed by atoms with van der Waals surface area (Å²) >= 11 is 2.88. The highest BCUT2D eigenvalue weighted by Crippen LogP contribution is 2.15. The largest absolute Gasteiger partial charge is 0.319 e. The van der Waals surface area contributed by atoms with Gasteiger partial charge in [-0.25, -0.2) is 0 Å². The van der Waals surface area contributed by atoms with Gasteiger partial charge in [0.1, 0.15) is 0 Å². The van der Waals surface area contributed by atoms with E-state index in [0.29, 0.717) is 9.68 Å². The van der Waals surface area contributed by atoms with E-state index in [2.05, 4.69) is 4.99 Å². The second-order valence-corrected chi connectivity index (χ2v) is 6.77. The van der Waals surface area contributed by atoms with Gasteiger partial charge in [0.25, 0.3) is 0 Å². The maximum atomic E-state index is 12.0. The topological polar surface area (TPSA) is 51.4 Å². The van der Waals surface area contributed by atoms with Gasteiger partial charge < -0.3 is 4.57 Å². The quantitative estimate of drug-likeness (QED) is 0.689. The highest BCUT2D eigenvalue weighted by Gasteiger charge is 2.10. The van der Waals surface area contributed by atoms with Crippen molar-refractivity contribution in [2.24, 2.45) is 12.0 Å². The van der Waals surface area contributed by atoms with Crippen molar-refractivity contribution in [3.8, 4) is 0 Å². The Hall–Kier alpha value is -2.05. The third-order valence-electron chi connectivity index (χ3n) is 3.30. The van der Waals surface area contributed by atoms with Gasteiger partial charge in [-0.3, -0.25) is 9.59 Å². The normalized spacial score (nSPS) is 12.0. The Labute approximate surface area is 135 Å². The molecule has 6 heteroatoms. The van der Waals surface area contributed by atoms with Crippen molar-refractivity contribution in [2.45, 2.75) is 12.8 Å². The number of thiazole rings is 1. The SMILES string of the molecule is Cn1c(=NC(=O)CCC(=O)c2cccs2)sc2ccccc21. The van der Waals surface area contributed by atoms with Crippen LogP contribution in [0, 0.1) is 0 Å². The second kappa shape index (κ2) is 6.37. The summed E-state index contributed by atoms with van der Waals surface area (Å²) in [5, 5.41) is 1.86. The van der Waals surface area contributed by atoms with Crippen LogP contribution in [-0.4, -0.2) is 16.3 Å². The van der Waals surface area contributed by atoms with Crippen LogP contribution in [0.3, 0.4) is 0 Å². The maximum Gasteiger partial charge on any atom is 0.248 e. The van der Waals surface area contributed by atoms with E-state index in [1.807, 2.05) is 47.3 Å². The molecule has 0 radical (unpaired) electrons. The lowest BCUT2D eigenvalue weighted by Crippen LogP contribution is -2.13. The fraction of sp³-hybridized carbons (Fsp3) is 0.188. The van der Waals surface area contributed by atoms with Crippen molar-refractivity contribution in [1.82, 2.24) is 4.57 Å². The Morgan fingerprint density at radius 3 is 2.68 bits per heavy atom. The number of carbonyl (C=O) groups excluding carboxylic acids is 2. The molecule has 0 atom stereocenters. The first-order valence-corrected chi connectivity index (χ1v) is 8.53. The minimum Gasteiger partial charge on any atom is -0.319 e. The van der Waals surface area contributed by atoms with Gasteiger partial charge in [0.15, 0.2) is 10.6 Å². The van der Waals surface area contributed by atoms with E-state index in [9.17, 15) is 9.59 Å². The van der Waals surface area contributed by atoms with E-state index in [1.54, 1.807) is 6.07 Å². The standard InChI is InChI=1S/C16H14N2O2S2/c1-18-11-5-2-3-6-13(11)22-16(18)17-15(20)9-8-12(19)14-7-4-10-21-14/h2-7,10H,8-9H2,1H3. The summed E-state index contributed by atoms with van der Waals surface area (Å²) in [6.45, 7) is 0. The molecule has 0 bridgehead atoms. The average Bonchev–Trinajstić information content (AvgIpc) is 3.15. The zero-order valence-electron chi connectivity index (χ0n) is 12.0. The van der Waals surface area contributed by atoms with E-state index in [1.165, 1.54) is 22.7 Å². The zero-order chi connectivity index (χ0) is 15.5. The minimum absolute atomic E-state index is 0.000680. The molecule has 0 fully saturated rings. The Morgan fingerprint density at radius 2 is 1.95 bits per heavy atom. The van der Waals surface area contributed by atoms with E-state index in [4.69, 9.17) is 0 Å². The minimum atomic E-state index is -0.257. The summed E-state index contributed by atoms with van der Waals surface area (Å²) in [5.74, 6) is -0.258. The highest BCUT2D eigenvalue weighted by atomic mass is 32.1. The number of rotatable bonds is 4. The van der Waals surface area contributed by atoms with Gasteiger partial charge in [0.05, 0.1) is 15.1 Å². The summed E-state index contributed by atoms with van der Waals surface area (Å²) in [5.41, 5.74) is 1.05. The molecule has 2 aromatic heterocycles. The van der Waals surface area contributed by atoms with Crippen LogP contribution in [0.2, 0.25) is 0 Å². The van der Waals surface area contributed by atoms with Crippen LogP contribution in [0.4, 0.5) is 0 Å². The monoisotopic (exact) mass is 330 g/mol. The van der Waals surface area contributed by atoms with Crippen LogP contribution in [0.15, 0.2) is 46.8 Å². The third-order valence-corrected chi connectivity index (χ3v) is 5.32. The smallest absolute Gasteiger partial charge is 0.248 e. The number of Topliss-reactive ketones (excluding diaryl/α,β-unsaturated/α-hetero) is 1. The molecule has 3 rings (SSSR count). The van der Waals surface area contributed by atoms with Crippen LogP contribution in [0.25, 0.3) is 10.2 Å². The van der Waals surface area contributed by atoms with Crippen molar-refractivity contribution in [2.75, 3.05) is 0 Å². The summed E-state index contributed by atoms with van der Waals surface area (Å²) in [6.07, 6.45) is 0.350. The third kappa shape index (κ3) is 3.08. The summed E-state index contributed by atoms with van der Waals surface area (Å²) < 4.78 is 2.99. The molecule has 2 heterocycles. The van der Waals surface area contributed by atoms with Crippen LogP contribution in [0.5, 0.6) is 0 Å². The number of fused-ring (bicyclic) bond motifs is 1. The fourth-order valence-corrected chi connectivity index (χ4v) is 3.86. The molecule has 0 aliphatic heterocycles. The molecule has 112 valence electrons. The molecule has 0 unspecified atom stereocenters. The molecular formula is C16H14N2O2S2. The van der Waals surface area contributed by atoms with Crippen LogP contribution in [-0.2, 0) is 11.8 Å². The summed E-state index contributed by atoms with van der Waals surface area (Å²) in [4.78, 5) is 29.4. The summed E-state index contributed by atoms with van der Waals surface area (Å²) in [7, 11) is 1.89. The van der Waals surface area contributed by atoms with E-state index in [-0.39, 0.29) is 24.5 Å². The molecule has 0 aliphatic rings. The fourth-order valence-electron chi connectivity index (χ4n) is 2.13. The van der Waals surface area contributed by atoms with Crippen LogP contribution in [0.1, 0.15) is 22.5 Å². The lowest BCUT2D eigenvalue weighted by molar-refractivity contribution is -0.118. The molecule has 0 saturated heterocycles. The molecule has 3 aromatic rings. The Morgan fingerprint density at radius 1 is 1.14 bits per heavy atom. The van der Waals surface area contributed by atoms with Crippen LogP contribution >= 0.6 is 22.7 Å². The zero-order valence-corrected chi connectivity index (χ0v) is 13.6. The Kier molecular flexibility index (Phi) is 4.31. The van der Waals surface area contributed by atoms with Crippen molar-refractivity contribution in [3.63, 3.8) is 0 Å². The first-order valence-electron chi connectivity index (χ1n) is 6.84. The van der Waals surface area contributed by atoms with Crippen LogP contribution < -0.4 is 4.80 Å². The lowest BCUT2D eigenvalue weighted by Gasteiger charge is -1.96. The van der Waals surface area contributed by atoms with E-state index < -0.39 is 0 Å². The number of thiophene rings is 1. The molecule has 1 aromatic carbocycles. The van der Waals surface area contributed by atoms with Gasteiger partial charge in [-0.1, -0.05) is 29.5 Å². The van der Waals surface area contributed by atoms with Crippen molar-refractivity contribution >= 4 is 44.6 Å². The molecule has 1 amide bonds. The number of ketones is 1. The van der Waals surface area contributed by atoms with Crippen molar-refractivity contribution < 1.29 is 9.59 Å². The molecule has 0 spiro atoms. The number of aryl methyl sites for hydroxylation is 1. The molecule has 4 nitrogen and oxygen atoms in total. The maximum absolute atomic E-state index is 12.0. The molecule has 0 saturated carbocycles. The van der Waals surface area contributed by atoms with Gasteiger partial charge >= 0.3 is 0 Å². The Balaban J connectivity index is 1.75. The van der Waals surface area contributed by atoms with E-state index in [0.717, 1.165) is 10.2 Å². The number of amides is 1. The van der Waals surface area contributed by atoms with Gasteiger partial charge in [0, 0.05) is 19.9 Å². The van der Waals surface area contributed by atoms with Gasteiger partial charge in [-0.15, -0.1) is 11.3 Å².